The highest BCUT2D eigenvalue weighted by molar-refractivity contribution is 5.72. The Morgan fingerprint density at radius 3 is 2.10 bits per heavy atom. The van der Waals surface area contributed by atoms with Crippen molar-refractivity contribution >= 4 is 5.97 Å². The van der Waals surface area contributed by atoms with Crippen molar-refractivity contribution in [1.82, 2.24) is 0 Å². The van der Waals surface area contributed by atoms with Crippen molar-refractivity contribution in [1.29, 1.82) is 5.26 Å². The fourth-order valence-corrected chi connectivity index (χ4v) is 0. The maximum absolute atomic E-state index is 9.57. The molecule has 4 heteroatoms. The Morgan fingerprint density at radius 2 is 2.10 bits per heavy atom. The second kappa shape index (κ2) is 7.92. The zero-order valence-electron chi connectivity index (χ0n) is 6.16. The average Bonchev–Trinajstić information content (AvgIpc) is 1.89. The first-order chi connectivity index (χ1) is 4.56. The molecule has 0 aliphatic carbocycles. The van der Waals surface area contributed by atoms with Gasteiger partial charge in [-0.05, 0) is 6.92 Å². The van der Waals surface area contributed by atoms with E-state index in [0.29, 0.717) is 6.42 Å². The number of nitrogens with zero attached hydrogens (tertiary/aromatic N) is 1. The molecule has 0 unspecified atom stereocenters. The Bertz CT molecular complexity index is 126. The van der Waals surface area contributed by atoms with Crippen LogP contribution in [0.4, 0.5) is 0 Å². The molecule has 3 N–H and O–H groups in total. The lowest BCUT2D eigenvalue weighted by Gasteiger charge is -1.90. The van der Waals surface area contributed by atoms with E-state index in [9.17, 15) is 4.79 Å². The van der Waals surface area contributed by atoms with E-state index in [1.54, 1.807) is 0 Å². The largest absolute Gasteiger partial charge is 0.480 e. The minimum Gasteiger partial charge on any atom is -0.480 e. The van der Waals surface area contributed by atoms with Crippen LogP contribution in [0, 0.1) is 11.3 Å². The summed E-state index contributed by atoms with van der Waals surface area (Å²) in [7, 11) is 0. The SMILES string of the molecule is CCC#N.C[C@H](N)C(=O)O. The highest BCUT2D eigenvalue weighted by Crippen LogP contribution is 1.68. The van der Waals surface area contributed by atoms with Gasteiger partial charge in [0.05, 0.1) is 6.07 Å². The van der Waals surface area contributed by atoms with Crippen LogP contribution < -0.4 is 5.73 Å². The molecule has 0 fully saturated rings. The molecule has 0 aromatic rings. The van der Waals surface area contributed by atoms with E-state index in [2.05, 4.69) is 0 Å². The maximum atomic E-state index is 9.57. The number of nitrogens with two attached hydrogens (primary N) is 1. The third-order valence-electron chi connectivity index (χ3n) is 0.548. The summed E-state index contributed by atoms with van der Waals surface area (Å²) >= 11 is 0. The summed E-state index contributed by atoms with van der Waals surface area (Å²) in [6, 6.07) is 1.20. The third-order valence-corrected chi connectivity index (χ3v) is 0.548. The van der Waals surface area contributed by atoms with Crippen molar-refractivity contribution in [2.45, 2.75) is 26.3 Å². The summed E-state index contributed by atoms with van der Waals surface area (Å²) < 4.78 is 0. The highest BCUT2D eigenvalue weighted by atomic mass is 16.4. The van der Waals surface area contributed by atoms with E-state index in [1.165, 1.54) is 6.92 Å². The minimum atomic E-state index is -0.963. The number of nitriles is 1. The van der Waals surface area contributed by atoms with E-state index in [-0.39, 0.29) is 0 Å². The van der Waals surface area contributed by atoms with Gasteiger partial charge in [-0.1, -0.05) is 6.92 Å². The van der Waals surface area contributed by atoms with Crippen LogP contribution in [0.25, 0.3) is 0 Å². The first-order valence-corrected chi connectivity index (χ1v) is 2.91. The average molecular weight is 144 g/mol. The third kappa shape index (κ3) is 15.8. The Morgan fingerprint density at radius 1 is 1.90 bits per heavy atom. The van der Waals surface area contributed by atoms with Crippen LogP contribution >= 0.6 is 0 Å². The summed E-state index contributed by atoms with van der Waals surface area (Å²) in [5, 5.41) is 15.5. The second-order valence-electron chi connectivity index (χ2n) is 1.64. The van der Waals surface area contributed by atoms with Crippen molar-refractivity contribution in [3.8, 4) is 6.07 Å². The van der Waals surface area contributed by atoms with Crippen LogP contribution in [0.5, 0.6) is 0 Å². The van der Waals surface area contributed by atoms with Crippen LogP contribution in [0.2, 0.25) is 0 Å². The molecule has 0 aliphatic heterocycles. The first kappa shape index (κ1) is 11.7. The van der Waals surface area contributed by atoms with Gasteiger partial charge in [0.1, 0.15) is 6.04 Å². The molecule has 10 heavy (non-hydrogen) atoms. The fraction of sp³-hybridized carbons (Fsp3) is 0.667. The van der Waals surface area contributed by atoms with Gasteiger partial charge in [0.25, 0.3) is 0 Å². The molecular formula is C6H12N2O2. The monoisotopic (exact) mass is 144 g/mol. The molecule has 0 radical (unpaired) electrons. The van der Waals surface area contributed by atoms with E-state index in [1.807, 2.05) is 13.0 Å². The van der Waals surface area contributed by atoms with Crippen LogP contribution in [-0.2, 0) is 4.79 Å². The molecule has 0 aliphatic rings. The van der Waals surface area contributed by atoms with Crippen molar-refractivity contribution in [3.63, 3.8) is 0 Å². The van der Waals surface area contributed by atoms with Gasteiger partial charge in [-0.25, -0.2) is 0 Å². The van der Waals surface area contributed by atoms with Gasteiger partial charge >= 0.3 is 5.97 Å². The fourth-order valence-electron chi connectivity index (χ4n) is 0. The van der Waals surface area contributed by atoms with Gasteiger partial charge in [-0.3, -0.25) is 4.79 Å². The predicted octanol–water partition coefficient (Wildman–Crippen LogP) is 0.338. The van der Waals surface area contributed by atoms with E-state index < -0.39 is 12.0 Å². The zero-order chi connectivity index (χ0) is 8.57. The van der Waals surface area contributed by atoms with E-state index in [0.717, 1.165) is 0 Å². The minimum absolute atomic E-state index is 0.625. The van der Waals surface area contributed by atoms with Gasteiger partial charge in [0, 0.05) is 6.42 Å². The quantitative estimate of drug-likeness (QED) is 0.555. The zero-order valence-corrected chi connectivity index (χ0v) is 6.16. The lowest BCUT2D eigenvalue weighted by Crippen LogP contribution is -2.25. The predicted molar refractivity (Wildman–Crippen MR) is 37.2 cm³/mol. The summed E-state index contributed by atoms with van der Waals surface area (Å²) in [4.78, 5) is 9.57. The van der Waals surface area contributed by atoms with Gasteiger partial charge in [0.2, 0.25) is 0 Å². The normalized spacial score (nSPS) is 10.2. The van der Waals surface area contributed by atoms with Gasteiger partial charge < -0.3 is 10.8 Å². The summed E-state index contributed by atoms with van der Waals surface area (Å²) in [6.07, 6.45) is 0.625. The van der Waals surface area contributed by atoms with Crippen LogP contribution in [0.1, 0.15) is 20.3 Å². The van der Waals surface area contributed by atoms with E-state index in [4.69, 9.17) is 16.1 Å². The number of aliphatic carboxylic acids is 1. The Balaban J connectivity index is 0. The standard InChI is InChI=1S/C3H7NO2.C3H5N/c1-2(4)3(5)6;1-2-3-4/h2H,4H2,1H3,(H,5,6);2H2,1H3/t2-;/m0./s1. The van der Waals surface area contributed by atoms with Gasteiger partial charge in [0.15, 0.2) is 0 Å². The van der Waals surface area contributed by atoms with Crippen molar-refractivity contribution in [2.24, 2.45) is 5.73 Å². The molecule has 0 saturated heterocycles. The number of hydrogen-bond donors (Lipinski definition) is 2. The topological polar surface area (TPSA) is 87.1 Å². The highest BCUT2D eigenvalue weighted by Gasteiger charge is 1.99. The van der Waals surface area contributed by atoms with Gasteiger partial charge in [-0.2, -0.15) is 5.26 Å². The van der Waals surface area contributed by atoms with Gasteiger partial charge in [-0.15, -0.1) is 0 Å². The number of carbonyl (C=O) groups is 1. The van der Waals surface area contributed by atoms with Crippen molar-refractivity contribution in [3.05, 3.63) is 0 Å². The summed E-state index contributed by atoms with van der Waals surface area (Å²) in [6.45, 7) is 3.24. The summed E-state index contributed by atoms with van der Waals surface area (Å²) in [5.74, 6) is -0.963. The lowest BCUT2D eigenvalue weighted by atomic mass is 10.4. The Hall–Kier alpha value is -1.08. The Labute approximate surface area is 60.3 Å². The van der Waals surface area contributed by atoms with Crippen molar-refractivity contribution < 1.29 is 9.90 Å². The molecule has 0 aromatic heterocycles. The molecule has 0 amide bonds. The lowest BCUT2D eigenvalue weighted by molar-refractivity contribution is -0.138. The molecule has 0 spiro atoms. The molecule has 0 rings (SSSR count). The molecule has 0 aromatic carbocycles. The van der Waals surface area contributed by atoms with Crippen molar-refractivity contribution in [2.75, 3.05) is 0 Å². The molecule has 4 nitrogen and oxygen atoms in total. The van der Waals surface area contributed by atoms with Crippen LogP contribution in [0.15, 0.2) is 0 Å². The molecule has 0 heterocycles. The molecular weight excluding hydrogens is 132 g/mol. The number of rotatable bonds is 1. The molecule has 0 saturated carbocycles. The van der Waals surface area contributed by atoms with E-state index >= 15 is 0 Å². The maximum Gasteiger partial charge on any atom is 0.320 e. The van der Waals surface area contributed by atoms with Crippen LogP contribution in [0.3, 0.4) is 0 Å². The number of hydrogen-bond acceptors (Lipinski definition) is 3. The molecule has 0 bridgehead atoms. The number of carboxylic acid groups (broad SMARTS) is 1. The summed E-state index contributed by atoms with van der Waals surface area (Å²) in [5.41, 5.74) is 4.84. The second-order valence-corrected chi connectivity index (χ2v) is 1.64. The number of carboxylic acids is 1. The molecule has 1 atom stereocenters. The Kier molecular flexibility index (Phi) is 9.25. The molecule has 58 valence electrons. The smallest absolute Gasteiger partial charge is 0.320 e. The first-order valence-electron chi connectivity index (χ1n) is 2.91. The van der Waals surface area contributed by atoms with Crippen LogP contribution in [-0.4, -0.2) is 17.1 Å².